The van der Waals surface area contributed by atoms with E-state index in [0.29, 0.717) is 27.1 Å². The first-order valence-corrected chi connectivity index (χ1v) is 9.77. The minimum absolute atomic E-state index is 0.00865. The van der Waals surface area contributed by atoms with E-state index in [9.17, 15) is 9.18 Å². The number of rotatable bonds is 6. The van der Waals surface area contributed by atoms with Gasteiger partial charge in [0.05, 0.1) is 15.8 Å². The normalized spacial score (nSPS) is 10.9. The minimum Gasteiger partial charge on any atom is -0.336 e. The first kappa shape index (κ1) is 20.4. The molecule has 2 heterocycles. The van der Waals surface area contributed by atoms with E-state index >= 15 is 0 Å². The second-order valence-corrected chi connectivity index (χ2v) is 7.50. The van der Waals surface area contributed by atoms with Crippen LogP contribution in [0.15, 0.2) is 35.6 Å². The number of pyridine rings is 1. The summed E-state index contributed by atoms with van der Waals surface area (Å²) in [5.74, 6) is 5.89. The molecule has 0 aliphatic rings. The Labute approximate surface area is 174 Å². The summed E-state index contributed by atoms with van der Waals surface area (Å²) in [6, 6.07) is 6.35. The Kier molecular flexibility index (Phi) is 6.38. The number of nitrogen functional groups attached to an aromatic ring is 1. The molecule has 0 bridgehead atoms. The summed E-state index contributed by atoms with van der Waals surface area (Å²) in [5.41, 5.74) is 1.08. The fourth-order valence-electron chi connectivity index (χ4n) is 2.28. The van der Waals surface area contributed by atoms with E-state index in [-0.39, 0.29) is 34.7 Å². The molecule has 0 atom stereocenters. The maximum absolute atomic E-state index is 13.8. The number of nitrogens with two attached hydrogens (primary N) is 1. The monoisotopic (exact) mass is 440 g/mol. The van der Waals surface area contributed by atoms with Gasteiger partial charge in [0.15, 0.2) is 11.6 Å². The zero-order valence-corrected chi connectivity index (χ0v) is 16.9. The van der Waals surface area contributed by atoms with Crippen molar-refractivity contribution in [3.8, 4) is 0 Å². The molecule has 146 valence electrons. The number of nitrogens with one attached hydrogen (secondary N) is 1. The van der Waals surface area contributed by atoms with E-state index in [1.165, 1.54) is 16.9 Å². The average molecular weight is 441 g/mol. The number of anilines is 1. The van der Waals surface area contributed by atoms with Gasteiger partial charge in [0.1, 0.15) is 5.82 Å². The van der Waals surface area contributed by atoms with Crippen LogP contribution in [0.3, 0.4) is 0 Å². The molecular formula is C17H15Cl2FN6OS. The third-order valence-corrected chi connectivity index (χ3v) is 5.62. The first-order chi connectivity index (χ1) is 13.4. The number of nitrogens with zero attached hydrogens (tertiary/aromatic N) is 4. The quantitative estimate of drug-likeness (QED) is 0.449. The van der Waals surface area contributed by atoms with Crippen molar-refractivity contribution in [3.63, 3.8) is 0 Å². The Bertz CT molecular complexity index is 1030. The van der Waals surface area contributed by atoms with E-state index in [0.717, 1.165) is 11.8 Å². The third kappa shape index (κ3) is 4.54. The van der Waals surface area contributed by atoms with E-state index in [1.54, 1.807) is 25.1 Å². The molecule has 0 saturated carbocycles. The largest absolute Gasteiger partial charge is 0.336 e. The lowest BCUT2D eigenvalue weighted by molar-refractivity contribution is -0.113. The molecule has 1 amide bonds. The number of thioether (sulfide) groups is 1. The fourth-order valence-corrected chi connectivity index (χ4v) is 3.35. The third-order valence-electron chi connectivity index (χ3n) is 3.83. The lowest BCUT2D eigenvalue weighted by Crippen LogP contribution is -2.18. The van der Waals surface area contributed by atoms with Crippen molar-refractivity contribution in [2.45, 2.75) is 18.5 Å². The van der Waals surface area contributed by atoms with Gasteiger partial charge in [-0.2, -0.15) is 0 Å². The van der Waals surface area contributed by atoms with Crippen LogP contribution in [0.25, 0.3) is 0 Å². The number of halogens is 3. The summed E-state index contributed by atoms with van der Waals surface area (Å²) in [5, 5.41) is 11.6. The molecule has 11 heteroatoms. The first-order valence-electron chi connectivity index (χ1n) is 8.02. The van der Waals surface area contributed by atoms with E-state index in [1.807, 2.05) is 0 Å². The molecule has 0 saturated heterocycles. The zero-order chi connectivity index (χ0) is 20.3. The number of hydrogen-bond acceptors (Lipinski definition) is 6. The van der Waals surface area contributed by atoms with Crippen molar-refractivity contribution in [2.24, 2.45) is 0 Å². The molecule has 7 nitrogen and oxygen atoms in total. The van der Waals surface area contributed by atoms with Crippen molar-refractivity contribution < 1.29 is 9.18 Å². The van der Waals surface area contributed by atoms with Crippen molar-refractivity contribution in [2.75, 3.05) is 16.9 Å². The molecule has 3 aromatic rings. The van der Waals surface area contributed by atoms with Gasteiger partial charge in [-0.25, -0.2) is 14.1 Å². The second kappa shape index (κ2) is 8.76. The van der Waals surface area contributed by atoms with Crippen LogP contribution in [-0.4, -0.2) is 31.5 Å². The van der Waals surface area contributed by atoms with Gasteiger partial charge >= 0.3 is 0 Å². The van der Waals surface area contributed by atoms with Gasteiger partial charge in [-0.05, 0) is 24.1 Å². The summed E-state index contributed by atoms with van der Waals surface area (Å²) in [6.07, 6.45) is 1.60. The summed E-state index contributed by atoms with van der Waals surface area (Å²) in [7, 11) is 0. The van der Waals surface area contributed by atoms with Crippen LogP contribution in [0.1, 0.15) is 17.0 Å². The van der Waals surface area contributed by atoms with Crippen molar-refractivity contribution in [3.05, 3.63) is 63.3 Å². The molecule has 0 radical (unpaired) electrons. The minimum atomic E-state index is -0.347. The maximum atomic E-state index is 13.8. The number of aromatic nitrogens is 4. The van der Waals surface area contributed by atoms with Gasteiger partial charge < -0.3 is 11.2 Å². The highest BCUT2D eigenvalue weighted by molar-refractivity contribution is 7.99. The molecule has 28 heavy (non-hydrogen) atoms. The molecule has 1 aromatic carbocycles. The Balaban J connectivity index is 1.62. The summed E-state index contributed by atoms with van der Waals surface area (Å²) < 4.78 is 15.0. The Morgan fingerprint density at radius 1 is 1.32 bits per heavy atom. The standard InChI is InChI=1S/C17H15Cl2FN6OS/c1-9-11(18)7-22-16(15(9)19)23-14(27)8-28-17-25-24-13(26(17)21)6-10-4-2-3-5-12(10)20/h2-5,7H,6,8,21H2,1H3,(H,22,23,27). The number of carbonyl (C=O) groups excluding carboxylic acids is 1. The lowest BCUT2D eigenvalue weighted by atomic mass is 10.1. The second-order valence-electron chi connectivity index (χ2n) is 5.77. The highest BCUT2D eigenvalue weighted by Crippen LogP contribution is 2.28. The molecule has 0 spiro atoms. The van der Waals surface area contributed by atoms with Crippen LogP contribution in [0.5, 0.6) is 0 Å². The molecular weight excluding hydrogens is 426 g/mol. The van der Waals surface area contributed by atoms with Crippen LogP contribution in [0.4, 0.5) is 10.2 Å². The molecule has 0 aliphatic carbocycles. The Morgan fingerprint density at radius 3 is 2.82 bits per heavy atom. The molecule has 2 aromatic heterocycles. The summed E-state index contributed by atoms with van der Waals surface area (Å²) in [6.45, 7) is 1.73. The average Bonchev–Trinajstić information content (AvgIpc) is 3.02. The number of carbonyl (C=O) groups is 1. The SMILES string of the molecule is Cc1c(Cl)cnc(NC(=O)CSc2nnc(Cc3ccccc3F)n2N)c1Cl. The number of amides is 1. The number of benzene rings is 1. The zero-order valence-electron chi connectivity index (χ0n) is 14.6. The highest BCUT2D eigenvalue weighted by atomic mass is 35.5. The van der Waals surface area contributed by atoms with E-state index < -0.39 is 0 Å². The molecule has 0 aliphatic heterocycles. The molecule has 0 unspecified atom stereocenters. The Morgan fingerprint density at radius 2 is 2.07 bits per heavy atom. The highest BCUT2D eigenvalue weighted by Gasteiger charge is 2.16. The van der Waals surface area contributed by atoms with Crippen LogP contribution in [0.2, 0.25) is 10.0 Å². The molecule has 3 rings (SSSR count). The smallest absolute Gasteiger partial charge is 0.236 e. The van der Waals surface area contributed by atoms with Crippen molar-refractivity contribution >= 4 is 46.7 Å². The van der Waals surface area contributed by atoms with Crippen LogP contribution >= 0.6 is 35.0 Å². The van der Waals surface area contributed by atoms with Crippen molar-refractivity contribution in [1.82, 2.24) is 19.9 Å². The predicted octanol–water partition coefficient (Wildman–Crippen LogP) is 3.46. The molecule has 0 fully saturated rings. The maximum Gasteiger partial charge on any atom is 0.236 e. The van der Waals surface area contributed by atoms with E-state index in [4.69, 9.17) is 29.0 Å². The van der Waals surface area contributed by atoms with Gasteiger partial charge in [0, 0.05) is 12.6 Å². The summed E-state index contributed by atoms with van der Waals surface area (Å²) in [4.78, 5) is 16.2. The topological polar surface area (TPSA) is 98.7 Å². The van der Waals surface area contributed by atoms with Gasteiger partial charge in [-0.15, -0.1) is 10.2 Å². The van der Waals surface area contributed by atoms with Crippen LogP contribution < -0.4 is 11.2 Å². The van der Waals surface area contributed by atoms with Gasteiger partial charge in [0.2, 0.25) is 11.1 Å². The Hall–Kier alpha value is -2.36. The van der Waals surface area contributed by atoms with Gasteiger partial charge in [0.25, 0.3) is 0 Å². The fraction of sp³-hybridized carbons (Fsp3) is 0.176. The van der Waals surface area contributed by atoms with Crippen LogP contribution in [0, 0.1) is 12.7 Å². The van der Waals surface area contributed by atoms with Gasteiger partial charge in [-0.1, -0.05) is 53.2 Å². The predicted molar refractivity (Wildman–Crippen MR) is 108 cm³/mol. The molecule has 3 N–H and O–H groups in total. The van der Waals surface area contributed by atoms with E-state index in [2.05, 4.69) is 20.5 Å². The lowest BCUT2D eigenvalue weighted by Gasteiger charge is -2.09. The van der Waals surface area contributed by atoms with Crippen LogP contribution in [-0.2, 0) is 11.2 Å². The number of hydrogen-bond donors (Lipinski definition) is 2. The van der Waals surface area contributed by atoms with Crippen molar-refractivity contribution in [1.29, 1.82) is 0 Å². The summed E-state index contributed by atoms with van der Waals surface area (Å²) >= 11 is 13.1. The van der Waals surface area contributed by atoms with Gasteiger partial charge in [-0.3, -0.25) is 4.79 Å².